The van der Waals surface area contributed by atoms with E-state index in [9.17, 15) is 5.11 Å². The minimum Gasteiger partial charge on any atom is -0.455 e. The molecule has 4 heteroatoms. The molecule has 0 aliphatic carbocycles. The Bertz CT molecular complexity index is 586. The van der Waals surface area contributed by atoms with Crippen LogP contribution in [0.3, 0.4) is 0 Å². The van der Waals surface area contributed by atoms with Crippen LogP contribution in [0.2, 0.25) is 0 Å². The summed E-state index contributed by atoms with van der Waals surface area (Å²) in [4.78, 5) is 2.10. The monoisotopic (exact) mass is 278 g/mol. The van der Waals surface area contributed by atoms with Gasteiger partial charge in [-0.05, 0) is 29.8 Å². The molecular weight excluding hydrogens is 268 g/mol. The van der Waals surface area contributed by atoms with Gasteiger partial charge >= 0.3 is 0 Å². The van der Waals surface area contributed by atoms with Crippen molar-refractivity contribution in [1.82, 2.24) is 0 Å². The van der Waals surface area contributed by atoms with Crippen LogP contribution in [-0.2, 0) is 0 Å². The Balaban J connectivity index is 1.98. The summed E-state index contributed by atoms with van der Waals surface area (Å²) in [5, 5.41) is 9.74. The normalized spacial score (nSPS) is 14.3. The van der Waals surface area contributed by atoms with Crippen LogP contribution in [0.25, 0.3) is 0 Å². The first kappa shape index (κ1) is 11.9. The molecule has 0 fully saturated rings. The number of para-hydroxylation sites is 1. The summed E-state index contributed by atoms with van der Waals surface area (Å²) in [5.41, 5.74) is 0.819. The molecule has 0 radical (unpaired) electrons. The van der Waals surface area contributed by atoms with Gasteiger partial charge in [0.15, 0.2) is 0 Å². The molecule has 0 amide bonds. The topological polar surface area (TPSA) is 29.5 Å². The van der Waals surface area contributed by atoms with Crippen LogP contribution in [0.15, 0.2) is 52.3 Å². The Morgan fingerprint density at radius 3 is 2.72 bits per heavy atom. The average molecular weight is 279 g/mol. The maximum atomic E-state index is 9.74. The zero-order valence-corrected chi connectivity index (χ0v) is 11.0. The molecule has 0 saturated carbocycles. The van der Waals surface area contributed by atoms with E-state index in [0.717, 1.165) is 26.9 Å². The maximum Gasteiger partial charge on any atom is 0.141 e. The number of aliphatic hydroxyl groups is 1. The van der Waals surface area contributed by atoms with E-state index in [4.69, 9.17) is 16.3 Å². The summed E-state index contributed by atoms with van der Waals surface area (Å²) in [7, 11) is 0. The lowest BCUT2D eigenvalue weighted by Crippen LogP contribution is -2.01. The molecule has 2 nitrogen and oxygen atoms in total. The summed E-state index contributed by atoms with van der Waals surface area (Å²) in [5.74, 6) is 1.89. The van der Waals surface area contributed by atoms with Gasteiger partial charge < -0.3 is 9.84 Å². The Hall–Kier alpha value is -1.16. The molecule has 0 bridgehead atoms. The number of hydrogen-bond acceptors (Lipinski definition) is 3. The fourth-order valence-corrected chi connectivity index (χ4v) is 3.02. The molecule has 2 aromatic carbocycles. The first-order chi connectivity index (χ1) is 8.78. The molecule has 1 aliphatic heterocycles. The van der Waals surface area contributed by atoms with E-state index in [1.807, 2.05) is 42.5 Å². The largest absolute Gasteiger partial charge is 0.455 e. The predicted octanol–water partition coefficient (Wildman–Crippen LogP) is 4.22. The molecule has 0 aromatic heterocycles. The third kappa shape index (κ3) is 2.09. The van der Waals surface area contributed by atoms with Gasteiger partial charge in [-0.2, -0.15) is 0 Å². The van der Waals surface area contributed by atoms with Gasteiger partial charge in [-0.1, -0.05) is 30.0 Å². The number of ether oxygens (including phenoxy) is 1. The molecule has 0 saturated heterocycles. The van der Waals surface area contributed by atoms with Crippen LogP contribution in [-0.4, -0.2) is 11.0 Å². The molecule has 1 N–H and O–H groups in total. The van der Waals surface area contributed by atoms with Gasteiger partial charge in [-0.25, -0.2) is 0 Å². The van der Waals surface area contributed by atoms with Crippen molar-refractivity contribution in [3.8, 4) is 11.5 Å². The van der Waals surface area contributed by atoms with E-state index in [1.54, 1.807) is 11.8 Å². The second-order valence-electron chi connectivity index (χ2n) is 4.03. The first-order valence-electron chi connectivity index (χ1n) is 5.60. The van der Waals surface area contributed by atoms with Crippen molar-refractivity contribution in [2.45, 2.75) is 15.9 Å². The van der Waals surface area contributed by atoms with Gasteiger partial charge in [0.25, 0.3) is 0 Å². The number of alkyl halides is 1. The fraction of sp³-hybridized carbons (Fsp3) is 0.143. The zero-order valence-electron chi connectivity index (χ0n) is 9.47. The molecule has 1 unspecified atom stereocenters. The van der Waals surface area contributed by atoms with E-state index in [1.165, 1.54) is 0 Å². The van der Waals surface area contributed by atoms with Crippen molar-refractivity contribution >= 4 is 23.4 Å². The van der Waals surface area contributed by atoms with Gasteiger partial charge in [0.05, 0.1) is 21.8 Å². The third-order valence-corrected chi connectivity index (χ3v) is 4.18. The van der Waals surface area contributed by atoms with Gasteiger partial charge in [-0.3, -0.25) is 0 Å². The van der Waals surface area contributed by atoms with Crippen LogP contribution in [0.5, 0.6) is 11.5 Å². The van der Waals surface area contributed by atoms with Crippen molar-refractivity contribution < 1.29 is 9.84 Å². The van der Waals surface area contributed by atoms with Gasteiger partial charge in [0.1, 0.15) is 11.5 Å². The number of benzene rings is 2. The second kappa shape index (κ2) is 4.84. The molecule has 1 aliphatic rings. The van der Waals surface area contributed by atoms with Gasteiger partial charge in [0.2, 0.25) is 0 Å². The minimum atomic E-state index is -0.630. The van der Waals surface area contributed by atoms with E-state index in [2.05, 4.69) is 0 Å². The maximum absolute atomic E-state index is 9.74. The van der Waals surface area contributed by atoms with Crippen LogP contribution < -0.4 is 4.74 Å². The minimum absolute atomic E-state index is 0.195. The van der Waals surface area contributed by atoms with Crippen LogP contribution in [0, 0.1) is 0 Å². The number of rotatable bonds is 2. The number of halogens is 1. The van der Waals surface area contributed by atoms with Crippen LogP contribution >= 0.6 is 23.4 Å². The number of fused-ring (bicyclic) bond motifs is 2. The molecule has 92 valence electrons. The molecule has 18 heavy (non-hydrogen) atoms. The zero-order chi connectivity index (χ0) is 12.5. The lowest BCUT2D eigenvalue weighted by atomic mass is 10.1. The highest BCUT2D eigenvalue weighted by atomic mass is 35.5. The Kier molecular flexibility index (Phi) is 3.20. The van der Waals surface area contributed by atoms with Crippen LogP contribution in [0.4, 0.5) is 0 Å². The fourth-order valence-electron chi connectivity index (χ4n) is 1.84. The van der Waals surface area contributed by atoms with E-state index in [0.29, 0.717) is 0 Å². The predicted molar refractivity (Wildman–Crippen MR) is 72.8 cm³/mol. The van der Waals surface area contributed by atoms with Gasteiger partial charge in [-0.15, -0.1) is 11.6 Å². The summed E-state index contributed by atoms with van der Waals surface area (Å²) < 4.78 is 5.81. The molecule has 0 spiro atoms. The molecule has 1 heterocycles. The quantitative estimate of drug-likeness (QED) is 0.712. The van der Waals surface area contributed by atoms with Crippen molar-refractivity contribution in [3.63, 3.8) is 0 Å². The Labute approximate surface area is 115 Å². The lowest BCUT2D eigenvalue weighted by Gasteiger charge is -2.20. The summed E-state index contributed by atoms with van der Waals surface area (Å²) in [6, 6.07) is 13.6. The highest BCUT2D eigenvalue weighted by Crippen LogP contribution is 2.47. The molecule has 1 atom stereocenters. The van der Waals surface area contributed by atoms with Gasteiger partial charge in [0, 0.05) is 0 Å². The van der Waals surface area contributed by atoms with E-state index in [-0.39, 0.29) is 5.88 Å². The molecule has 3 rings (SSSR count). The first-order valence-corrected chi connectivity index (χ1v) is 6.96. The molecule has 2 aromatic rings. The Morgan fingerprint density at radius 1 is 1.11 bits per heavy atom. The summed E-state index contributed by atoms with van der Waals surface area (Å²) in [6.07, 6.45) is -0.630. The number of hydrogen-bond donors (Lipinski definition) is 1. The average Bonchev–Trinajstić information content (AvgIpc) is 2.43. The third-order valence-electron chi connectivity index (χ3n) is 2.79. The van der Waals surface area contributed by atoms with E-state index < -0.39 is 6.10 Å². The van der Waals surface area contributed by atoms with Crippen molar-refractivity contribution in [3.05, 3.63) is 48.0 Å². The standard InChI is InChI=1S/C14H11ClO2S/c15-8-10(16)9-5-6-12-14(7-9)18-13-4-2-1-3-11(13)17-12/h1-7,10,16H,8H2. The number of aliphatic hydroxyl groups excluding tert-OH is 1. The summed E-state index contributed by atoms with van der Waals surface area (Å²) >= 11 is 7.31. The molecular formula is C14H11ClO2S. The SMILES string of the molecule is OC(CCl)c1ccc2c(c1)Sc1ccccc1O2. The van der Waals surface area contributed by atoms with Crippen molar-refractivity contribution in [1.29, 1.82) is 0 Å². The lowest BCUT2D eigenvalue weighted by molar-refractivity contribution is 0.202. The smallest absolute Gasteiger partial charge is 0.141 e. The van der Waals surface area contributed by atoms with Crippen LogP contribution in [0.1, 0.15) is 11.7 Å². The summed E-state index contributed by atoms with van der Waals surface area (Å²) in [6.45, 7) is 0. The van der Waals surface area contributed by atoms with Crippen molar-refractivity contribution in [2.24, 2.45) is 0 Å². The highest BCUT2D eigenvalue weighted by molar-refractivity contribution is 7.99. The van der Waals surface area contributed by atoms with E-state index >= 15 is 0 Å². The Morgan fingerprint density at radius 2 is 1.89 bits per heavy atom. The van der Waals surface area contributed by atoms with Crippen molar-refractivity contribution in [2.75, 3.05) is 5.88 Å². The highest BCUT2D eigenvalue weighted by Gasteiger charge is 2.18. The second-order valence-corrected chi connectivity index (χ2v) is 5.42.